The van der Waals surface area contributed by atoms with Gasteiger partial charge in [-0.2, -0.15) is 5.10 Å². The summed E-state index contributed by atoms with van der Waals surface area (Å²) < 4.78 is 0. The van der Waals surface area contributed by atoms with Crippen molar-refractivity contribution < 1.29 is 9.59 Å². The van der Waals surface area contributed by atoms with E-state index in [-0.39, 0.29) is 11.8 Å². The van der Waals surface area contributed by atoms with Crippen molar-refractivity contribution in [1.82, 2.24) is 10.7 Å². The number of carbonyl (C=O) groups is 2. The summed E-state index contributed by atoms with van der Waals surface area (Å²) in [6.07, 6.45) is 1.82. The molecule has 5 heteroatoms. The van der Waals surface area contributed by atoms with Crippen LogP contribution in [0.3, 0.4) is 0 Å². The fraction of sp³-hybridized carbons (Fsp3) is 0.438. The van der Waals surface area contributed by atoms with Gasteiger partial charge in [0.2, 0.25) is 5.91 Å². The average Bonchev–Trinajstić information content (AvgIpc) is 2.53. The van der Waals surface area contributed by atoms with Crippen molar-refractivity contribution in [2.45, 2.75) is 45.6 Å². The highest BCUT2D eigenvalue weighted by molar-refractivity contribution is 6.39. The molecule has 1 atom stereocenters. The molecular weight excluding hydrogens is 266 g/mol. The van der Waals surface area contributed by atoms with E-state index in [4.69, 9.17) is 0 Å². The van der Waals surface area contributed by atoms with Crippen LogP contribution in [-0.2, 0) is 16.1 Å². The maximum absolute atomic E-state index is 11.9. The quantitative estimate of drug-likeness (QED) is 0.870. The number of hydrogen-bond acceptors (Lipinski definition) is 3. The molecule has 1 aromatic rings. The van der Waals surface area contributed by atoms with Crippen molar-refractivity contribution in [2.75, 3.05) is 0 Å². The van der Waals surface area contributed by atoms with E-state index in [1.165, 1.54) is 5.56 Å². The molecule has 1 aliphatic heterocycles. The van der Waals surface area contributed by atoms with Gasteiger partial charge in [-0.1, -0.05) is 38.1 Å². The van der Waals surface area contributed by atoms with E-state index in [2.05, 4.69) is 41.8 Å². The molecule has 0 fully saturated rings. The minimum Gasteiger partial charge on any atom is -0.347 e. The fourth-order valence-electron chi connectivity index (χ4n) is 2.12. The molecule has 2 rings (SSSR count). The number of amides is 2. The Bertz CT molecular complexity index is 549. The number of hydrazone groups is 1. The molecule has 2 amide bonds. The van der Waals surface area contributed by atoms with Gasteiger partial charge in [-0.25, -0.2) is 5.43 Å². The SMILES string of the molecule is CCC(C)c1ccc(CNC(=O)C2=NNC(=O)CC2)cc1. The number of carbonyl (C=O) groups excluding carboxylic acids is 2. The minimum atomic E-state index is -0.221. The van der Waals surface area contributed by atoms with Gasteiger partial charge in [0.05, 0.1) is 0 Å². The summed E-state index contributed by atoms with van der Waals surface area (Å²) in [7, 11) is 0. The zero-order valence-electron chi connectivity index (χ0n) is 12.5. The second kappa shape index (κ2) is 7.02. The molecule has 0 aromatic heterocycles. The van der Waals surface area contributed by atoms with E-state index in [1.54, 1.807) is 0 Å². The second-order valence-electron chi connectivity index (χ2n) is 5.33. The van der Waals surface area contributed by atoms with Crippen molar-refractivity contribution in [3.05, 3.63) is 35.4 Å². The normalized spacial score (nSPS) is 15.9. The molecule has 0 saturated heterocycles. The predicted molar refractivity (Wildman–Crippen MR) is 81.8 cm³/mol. The predicted octanol–water partition coefficient (Wildman–Crippen LogP) is 2.08. The maximum atomic E-state index is 11.9. The van der Waals surface area contributed by atoms with Gasteiger partial charge in [-0.05, 0) is 23.5 Å². The number of rotatable bonds is 5. The molecule has 1 aromatic carbocycles. The van der Waals surface area contributed by atoms with Gasteiger partial charge in [0, 0.05) is 19.4 Å². The molecule has 0 bridgehead atoms. The molecule has 21 heavy (non-hydrogen) atoms. The zero-order chi connectivity index (χ0) is 15.2. The Balaban J connectivity index is 1.88. The van der Waals surface area contributed by atoms with Crippen LogP contribution in [0.25, 0.3) is 0 Å². The summed E-state index contributed by atoms with van der Waals surface area (Å²) in [5, 5.41) is 6.60. The van der Waals surface area contributed by atoms with Crippen LogP contribution in [0.2, 0.25) is 0 Å². The van der Waals surface area contributed by atoms with E-state index in [9.17, 15) is 9.59 Å². The molecule has 1 heterocycles. The van der Waals surface area contributed by atoms with Crippen LogP contribution in [0.5, 0.6) is 0 Å². The van der Waals surface area contributed by atoms with Crippen LogP contribution in [-0.4, -0.2) is 17.5 Å². The van der Waals surface area contributed by atoms with Crippen molar-refractivity contribution in [3.8, 4) is 0 Å². The van der Waals surface area contributed by atoms with E-state index >= 15 is 0 Å². The van der Waals surface area contributed by atoms with Gasteiger partial charge in [0.15, 0.2) is 0 Å². The lowest BCUT2D eigenvalue weighted by molar-refractivity contribution is -0.121. The summed E-state index contributed by atoms with van der Waals surface area (Å²) in [5.74, 6) is 0.182. The Hall–Kier alpha value is -2.17. The largest absolute Gasteiger partial charge is 0.347 e. The fourth-order valence-corrected chi connectivity index (χ4v) is 2.12. The standard InChI is InChI=1S/C16H21N3O2/c1-3-11(2)13-6-4-12(5-7-13)10-17-16(21)14-8-9-15(20)19-18-14/h4-7,11H,3,8-10H2,1-2H3,(H,17,21)(H,19,20). The number of benzene rings is 1. The lowest BCUT2D eigenvalue weighted by Gasteiger charge is -2.13. The first-order valence-corrected chi connectivity index (χ1v) is 7.32. The highest BCUT2D eigenvalue weighted by atomic mass is 16.2. The van der Waals surface area contributed by atoms with Crippen LogP contribution in [0, 0.1) is 0 Å². The Morgan fingerprint density at radius 3 is 2.62 bits per heavy atom. The van der Waals surface area contributed by atoms with Gasteiger partial charge in [0.1, 0.15) is 5.71 Å². The Morgan fingerprint density at radius 1 is 1.33 bits per heavy atom. The first kappa shape index (κ1) is 15.2. The highest BCUT2D eigenvalue weighted by Gasteiger charge is 2.17. The van der Waals surface area contributed by atoms with Crippen molar-refractivity contribution in [3.63, 3.8) is 0 Å². The zero-order valence-corrected chi connectivity index (χ0v) is 12.5. The highest BCUT2D eigenvalue weighted by Crippen LogP contribution is 2.18. The van der Waals surface area contributed by atoms with E-state index in [0.29, 0.717) is 31.0 Å². The summed E-state index contributed by atoms with van der Waals surface area (Å²) in [5.41, 5.74) is 5.07. The molecule has 5 nitrogen and oxygen atoms in total. The molecular formula is C16H21N3O2. The number of nitrogens with zero attached hydrogens (tertiary/aromatic N) is 1. The average molecular weight is 287 g/mol. The van der Waals surface area contributed by atoms with Crippen LogP contribution in [0.15, 0.2) is 29.4 Å². The molecule has 0 saturated carbocycles. The minimum absolute atomic E-state index is 0.146. The van der Waals surface area contributed by atoms with Crippen molar-refractivity contribution in [1.29, 1.82) is 0 Å². The van der Waals surface area contributed by atoms with Crippen molar-refractivity contribution >= 4 is 17.5 Å². The molecule has 0 aliphatic carbocycles. The van der Waals surface area contributed by atoms with Crippen molar-refractivity contribution in [2.24, 2.45) is 5.10 Å². The molecule has 1 aliphatic rings. The maximum Gasteiger partial charge on any atom is 0.267 e. The first-order chi connectivity index (χ1) is 10.1. The summed E-state index contributed by atoms with van der Waals surface area (Å²) in [6, 6.07) is 8.28. The van der Waals surface area contributed by atoms with Gasteiger partial charge in [0.25, 0.3) is 5.91 Å². The topological polar surface area (TPSA) is 70.6 Å². The van der Waals surface area contributed by atoms with Gasteiger partial charge in [-0.15, -0.1) is 0 Å². The Morgan fingerprint density at radius 2 is 2.05 bits per heavy atom. The number of hydrogen-bond donors (Lipinski definition) is 2. The Kier molecular flexibility index (Phi) is 5.09. The molecule has 112 valence electrons. The third-order valence-corrected chi connectivity index (χ3v) is 3.78. The Labute approximate surface area is 124 Å². The smallest absolute Gasteiger partial charge is 0.267 e. The number of nitrogens with one attached hydrogen (secondary N) is 2. The van der Waals surface area contributed by atoms with E-state index in [1.807, 2.05) is 12.1 Å². The lowest BCUT2D eigenvalue weighted by atomic mass is 9.98. The van der Waals surface area contributed by atoms with Crippen LogP contribution >= 0.6 is 0 Å². The molecule has 0 spiro atoms. The summed E-state index contributed by atoms with van der Waals surface area (Å²) in [4.78, 5) is 22.9. The third-order valence-electron chi connectivity index (χ3n) is 3.78. The lowest BCUT2D eigenvalue weighted by Crippen LogP contribution is -2.36. The third kappa shape index (κ3) is 4.15. The first-order valence-electron chi connectivity index (χ1n) is 7.32. The van der Waals surface area contributed by atoms with Gasteiger partial charge >= 0.3 is 0 Å². The molecule has 2 N–H and O–H groups in total. The second-order valence-corrected chi connectivity index (χ2v) is 5.33. The molecule has 1 unspecified atom stereocenters. The van der Waals surface area contributed by atoms with Crippen LogP contribution in [0.4, 0.5) is 0 Å². The monoisotopic (exact) mass is 287 g/mol. The molecule has 0 radical (unpaired) electrons. The van der Waals surface area contributed by atoms with E-state index < -0.39 is 0 Å². The summed E-state index contributed by atoms with van der Waals surface area (Å²) in [6.45, 7) is 4.83. The van der Waals surface area contributed by atoms with Crippen LogP contribution < -0.4 is 10.7 Å². The van der Waals surface area contributed by atoms with Crippen LogP contribution in [0.1, 0.15) is 50.2 Å². The van der Waals surface area contributed by atoms with Gasteiger partial charge < -0.3 is 5.32 Å². The van der Waals surface area contributed by atoms with Gasteiger partial charge in [-0.3, -0.25) is 9.59 Å². The summed E-state index contributed by atoms with van der Waals surface area (Å²) >= 11 is 0. The van der Waals surface area contributed by atoms with E-state index in [0.717, 1.165) is 12.0 Å².